The van der Waals surface area contributed by atoms with Gasteiger partial charge in [-0.25, -0.2) is 0 Å². The van der Waals surface area contributed by atoms with Crippen LogP contribution in [0.3, 0.4) is 0 Å². The molecular formula is C17H24N2O. The fourth-order valence-electron chi connectivity index (χ4n) is 3.20. The lowest BCUT2D eigenvalue weighted by Gasteiger charge is -2.25. The molecule has 1 aromatic carbocycles. The highest BCUT2D eigenvalue weighted by Crippen LogP contribution is 2.52. The smallest absolute Gasteiger partial charge is 0.241 e. The molecule has 2 aliphatic rings. The van der Waals surface area contributed by atoms with Crippen LogP contribution >= 0.6 is 0 Å². The number of amides is 1. The first-order valence-corrected chi connectivity index (χ1v) is 7.64. The van der Waals surface area contributed by atoms with E-state index in [1.807, 2.05) is 18.2 Å². The van der Waals surface area contributed by atoms with Gasteiger partial charge in [-0.15, -0.1) is 0 Å². The van der Waals surface area contributed by atoms with Crippen LogP contribution in [0.15, 0.2) is 30.3 Å². The van der Waals surface area contributed by atoms with Crippen molar-refractivity contribution in [2.24, 2.45) is 11.3 Å². The standard InChI is InChI=1S/C17H24N2O/c1-4-14-16(20)19(11-13-10-17(13,2)3)15(18-14)12-8-6-5-7-9-12/h5-9,13-15,18H,4,10-11H2,1-3H3. The SMILES string of the molecule is CCC1NC(c2ccccc2)N(CC2CC2(C)C)C1=O. The van der Waals surface area contributed by atoms with E-state index in [0.717, 1.165) is 13.0 Å². The Kier molecular flexibility index (Phi) is 3.33. The topological polar surface area (TPSA) is 32.3 Å². The first kappa shape index (κ1) is 13.6. The fourth-order valence-corrected chi connectivity index (χ4v) is 3.20. The van der Waals surface area contributed by atoms with E-state index in [2.05, 4.69) is 43.1 Å². The van der Waals surface area contributed by atoms with E-state index >= 15 is 0 Å². The van der Waals surface area contributed by atoms with Gasteiger partial charge in [0, 0.05) is 6.54 Å². The van der Waals surface area contributed by atoms with Crippen molar-refractivity contribution in [2.45, 2.75) is 45.8 Å². The molecule has 3 nitrogen and oxygen atoms in total. The Bertz CT molecular complexity index is 497. The Balaban J connectivity index is 1.81. The van der Waals surface area contributed by atoms with Crippen molar-refractivity contribution < 1.29 is 4.79 Å². The number of nitrogens with one attached hydrogen (secondary N) is 1. The van der Waals surface area contributed by atoms with Crippen LogP contribution in [0, 0.1) is 11.3 Å². The fraction of sp³-hybridized carbons (Fsp3) is 0.588. The van der Waals surface area contributed by atoms with E-state index in [9.17, 15) is 4.79 Å². The second-order valence-electron chi connectivity index (χ2n) is 6.82. The maximum absolute atomic E-state index is 12.6. The molecule has 2 fully saturated rings. The van der Waals surface area contributed by atoms with Crippen LogP contribution in [-0.2, 0) is 4.79 Å². The van der Waals surface area contributed by atoms with Crippen LogP contribution in [0.25, 0.3) is 0 Å². The molecule has 3 atom stereocenters. The summed E-state index contributed by atoms with van der Waals surface area (Å²) in [5, 5.41) is 3.49. The zero-order valence-electron chi connectivity index (χ0n) is 12.6. The minimum Gasteiger partial charge on any atom is -0.321 e. The van der Waals surface area contributed by atoms with Gasteiger partial charge in [0.1, 0.15) is 6.17 Å². The molecule has 0 aromatic heterocycles. The molecule has 1 aliphatic heterocycles. The van der Waals surface area contributed by atoms with Gasteiger partial charge >= 0.3 is 0 Å². The van der Waals surface area contributed by atoms with E-state index in [1.54, 1.807) is 0 Å². The lowest BCUT2D eigenvalue weighted by atomic mass is 10.1. The molecule has 0 spiro atoms. The summed E-state index contributed by atoms with van der Waals surface area (Å²) in [5.74, 6) is 0.916. The summed E-state index contributed by atoms with van der Waals surface area (Å²) in [6, 6.07) is 10.3. The molecule has 1 aromatic rings. The van der Waals surface area contributed by atoms with E-state index in [4.69, 9.17) is 0 Å². The van der Waals surface area contributed by atoms with E-state index < -0.39 is 0 Å². The van der Waals surface area contributed by atoms with Crippen LogP contribution in [0.4, 0.5) is 0 Å². The highest BCUT2D eigenvalue weighted by molar-refractivity contribution is 5.84. The minimum atomic E-state index is -0.0259. The molecule has 1 heterocycles. The zero-order valence-corrected chi connectivity index (χ0v) is 12.6. The van der Waals surface area contributed by atoms with Crippen LogP contribution in [0.2, 0.25) is 0 Å². The molecular weight excluding hydrogens is 248 g/mol. The normalized spacial score (nSPS) is 31.6. The number of nitrogens with zero attached hydrogens (tertiary/aromatic N) is 1. The van der Waals surface area contributed by atoms with E-state index in [0.29, 0.717) is 11.3 Å². The third-order valence-corrected chi connectivity index (χ3v) is 4.91. The van der Waals surface area contributed by atoms with Gasteiger partial charge < -0.3 is 4.90 Å². The summed E-state index contributed by atoms with van der Waals surface area (Å²) in [4.78, 5) is 14.6. The monoisotopic (exact) mass is 272 g/mol. The molecule has 1 amide bonds. The van der Waals surface area contributed by atoms with Crippen molar-refractivity contribution in [2.75, 3.05) is 6.54 Å². The number of hydrogen-bond donors (Lipinski definition) is 1. The predicted molar refractivity (Wildman–Crippen MR) is 80.0 cm³/mol. The summed E-state index contributed by atoms with van der Waals surface area (Å²) < 4.78 is 0. The molecule has 3 unspecified atom stereocenters. The summed E-state index contributed by atoms with van der Waals surface area (Å²) in [6.07, 6.45) is 2.13. The molecule has 3 rings (SSSR count). The van der Waals surface area contributed by atoms with Crippen molar-refractivity contribution in [3.8, 4) is 0 Å². The third kappa shape index (κ3) is 2.35. The van der Waals surface area contributed by atoms with E-state index in [-0.39, 0.29) is 18.1 Å². The highest BCUT2D eigenvalue weighted by Gasteiger charge is 2.49. The largest absolute Gasteiger partial charge is 0.321 e. The molecule has 1 saturated carbocycles. The maximum Gasteiger partial charge on any atom is 0.241 e. The van der Waals surface area contributed by atoms with Crippen molar-refractivity contribution in [3.05, 3.63) is 35.9 Å². The molecule has 3 heteroatoms. The van der Waals surface area contributed by atoms with Crippen molar-refractivity contribution in [3.63, 3.8) is 0 Å². The molecule has 108 valence electrons. The van der Waals surface area contributed by atoms with Crippen LogP contribution in [0.1, 0.15) is 45.3 Å². The number of rotatable bonds is 4. The van der Waals surface area contributed by atoms with Crippen LogP contribution in [-0.4, -0.2) is 23.4 Å². The average molecular weight is 272 g/mol. The predicted octanol–water partition coefficient (Wildman–Crippen LogP) is 2.94. The average Bonchev–Trinajstić information content (AvgIpc) is 2.92. The van der Waals surface area contributed by atoms with Crippen molar-refractivity contribution >= 4 is 5.91 Å². The lowest BCUT2D eigenvalue weighted by molar-refractivity contribution is -0.130. The number of carbonyl (C=O) groups is 1. The van der Waals surface area contributed by atoms with E-state index in [1.165, 1.54) is 12.0 Å². The minimum absolute atomic E-state index is 0.0259. The van der Waals surface area contributed by atoms with Crippen molar-refractivity contribution in [1.29, 1.82) is 0 Å². The molecule has 0 radical (unpaired) electrons. The van der Waals surface area contributed by atoms with Crippen LogP contribution < -0.4 is 5.32 Å². The highest BCUT2D eigenvalue weighted by atomic mass is 16.2. The van der Waals surface area contributed by atoms with Gasteiger partial charge in [-0.05, 0) is 29.7 Å². The second kappa shape index (κ2) is 4.88. The van der Waals surface area contributed by atoms with Gasteiger partial charge in [0.25, 0.3) is 0 Å². The van der Waals surface area contributed by atoms with Gasteiger partial charge in [0.2, 0.25) is 5.91 Å². The third-order valence-electron chi connectivity index (χ3n) is 4.91. The molecule has 1 saturated heterocycles. The summed E-state index contributed by atoms with van der Waals surface area (Å²) >= 11 is 0. The molecule has 20 heavy (non-hydrogen) atoms. The number of carbonyl (C=O) groups excluding carboxylic acids is 1. The Labute approximate surface area is 121 Å². The first-order valence-electron chi connectivity index (χ1n) is 7.64. The molecule has 1 N–H and O–H groups in total. The Morgan fingerprint density at radius 2 is 1.95 bits per heavy atom. The Morgan fingerprint density at radius 1 is 1.30 bits per heavy atom. The lowest BCUT2D eigenvalue weighted by Crippen LogP contribution is -2.33. The summed E-state index contributed by atoms with van der Waals surface area (Å²) in [7, 11) is 0. The Morgan fingerprint density at radius 3 is 2.50 bits per heavy atom. The first-order chi connectivity index (χ1) is 9.53. The van der Waals surface area contributed by atoms with Gasteiger partial charge in [0.05, 0.1) is 6.04 Å². The molecule has 1 aliphatic carbocycles. The molecule has 0 bridgehead atoms. The van der Waals surface area contributed by atoms with Gasteiger partial charge in [-0.1, -0.05) is 51.1 Å². The maximum atomic E-state index is 12.6. The number of hydrogen-bond acceptors (Lipinski definition) is 2. The van der Waals surface area contributed by atoms with Crippen molar-refractivity contribution in [1.82, 2.24) is 10.2 Å². The quantitative estimate of drug-likeness (QED) is 0.914. The summed E-state index contributed by atoms with van der Waals surface area (Å²) in [5.41, 5.74) is 1.60. The number of benzene rings is 1. The van der Waals surface area contributed by atoms with Gasteiger partial charge in [-0.2, -0.15) is 0 Å². The van der Waals surface area contributed by atoms with Crippen LogP contribution in [0.5, 0.6) is 0 Å². The van der Waals surface area contributed by atoms with Gasteiger partial charge in [0.15, 0.2) is 0 Å². The second-order valence-corrected chi connectivity index (χ2v) is 6.82. The Hall–Kier alpha value is -1.35. The zero-order chi connectivity index (χ0) is 14.3. The summed E-state index contributed by atoms with van der Waals surface area (Å²) in [6.45, 7) is 7.54. The van der Waals surface area contributed by atoms with Gasteiger partial charge in [-0.3, -0.25) is 10.1 Å².